The van der Waals surface area contributed by atoms with Crippen LogP contribution in [-0.4, -0.2) is 21.2 Å². The first-order valence-electron chi connectivity index (χ1n) is 5.49. The first kappa shape index (κ1) is 12.1. The molecule has 0 aliphatic rings. The maximum atomic E-state index is 10.1. The van der Waals surface area contributed by atoms with Crippen LogP contribution in [0.3, 0.4) is 0 Å². The molecule has 0 saturated heterocycles. The fourth-order valence-corrected chi connectivity index (χ4v) is 1.74. The highest BCUT2D eigenvalue weighted by Gasteiger charge is 2.28. The summed E-state index contributed by atoms with van der Waals surface area (Å²) in [5, 5.41) is 10.1. The molecule has 0 aromatic carbocycles. The highest BCUT2D eigenvalue weighted by atomic mass is 16.3. The molecule has 2 unspecified atom stereocenters. The largest absolute Gasteiger partial charge is 0.392 e. The SMILES string of the molecule is CC(C)C(O)C(c1ncccn1)C(C)C. The molecule has 1 heterocycles. The predicted molar refractivity (Wildman–Crippen MR) is 60.5 cm³/mol. The Morgan fingerprint density at radius 3 is 1.93 bits per heavy atom. The minimum Gasteiger partial charge on any atom is -0.392 e. The Hall–Kier alpha value is -0.960. The van der Waals surface area contributed by atoms with E-state index in [9.17, 15) is 5.11 Å². The van der Waals surface area contributed by atoms with Crippen molar-refractivity contribution in [2.75, 3.05) is 0 Å². The van der Waals surface area contributed by atoms with Crippen molar-refractivity contribution in [2.24, 2.45) is 11.8 Å². The summed E-state index contributed by atoms with van der Waals surface area (Å²) in [6, 6.07) is 1.79. The summed E-state index contributed by atoms with van der Waals surface area (Å²) in [5.41, 5.74) is 0. The molecule has 0 amide bonds. The zero-order chi connectivity index (χ0) is 11.4. The Bertz CT molecular complexity index is 285. The lowest BCUT2D eigenvalue weighted by atomic mass is 9.84. The lowest BCUT2D eigenvalue weighted by molar-refractivity contribution is 0.0753. The highest BCUT2D eigenvalue weighted by molar-refractivity contribution is 5.02. The summed E-state index contributed by atoms with van der Waals surface area (Å²) in [6.07, 6.45) is 3.07. The third kappa shape index (κ3) is 2.99. The van der Waals surface area contributed by atoms with Gasteiger partial charge in [0, 0.05) is 18.3 Å². The zero-order valence-electron chi connectivity index (χ0n) is 9.88. The molecule has 0 spiro atoms. The summed E-state index contributed by atoms with van der Waals surface area (Å²) in [7, 11) is 0. The van der Waals surface area contributed by atoms with Gasteiger partial charge in [0.05, 0.1) is 6.10 Å². The third-order valence-electron chi connectivity index (χ3n) is 2.65. The van der Waals surface area contributed by atoms with Crippen molar-refractivity contribution in [3.8, 4) is 0 Å². The van der Waals surface area contributed by atoms with Crippen molar-refractivity contribution in [1.29, 1.82) is 0 Å². The van der Waals surface area contributed by atoms with Crippen LogP contribution in [0.5, 0.6) is 0 Å². The van der Waals surface area contributed by atoms with Gasteiger partial charge in [0.2, 0.25) is 0 Å². The molecule has 1 N–H and O–H groups in total. The summed E-state index contributed by atoms with van der Waals surface area (Å²) >= 11 is 0. The number of nitrogens with zero attached hydrogens (tertiary/aromatic N) is 2. The van der Waals surface area contributed by atoms with Crippen LogP contribution in [0.15, 0.2) is 18.5 Å². The second-order valence-corrected chi connectivity index (χ2v) is 4.61. The number of rotatable bonds is 4. The summed E-state index contributed by atoms with van der Waals surface area (Å²) < 4.78 is 0. The Morgan fingerprint density at radius 1 is 1.00 bits per heavy atom. The summed E-state index contributed by atoms with van der Waals surface area (Å²) in [5.74, 6) is 1.32. The van der Waals surface area contributed by atoms with Crippen molar-refractivity contribution in [3.63, 3.8) is 0 Å². The van der Waals surface area contributed by atoms with Crippen molar-refractivity contribution in [1.82, 2.24) is 9.97 Å². The smallest absolute Gasteiger partial charge is 0.134 e. The normalized spacial score (nSPS) is 15.7. The fraction of sp³-hybridized carbons (Fsp3) is 0.667. The van der Waals surface area contributed by atoms with Crippen LogP contribution in [-0.2, 0) is 0 Å². The van der Waals surface area contributed by atoms with Crippen molar-refractivity contribution in [2.45, 2.75) is 39.7 Å². The van der Waals surface area contributed by atoms with Gasteiger partial charge >= 0.3 is 0 Å². The van der Waals surface area contributed by atoms with E-state index in [0.29, 0.717) is 5.92 Å². The molecule has 3 nitrogen and oxygen atoms in total. The first-order valence-corrected chi connectivity index (χ1v) is 5.49. The van der Waals surface area contributed by atoms with E-state index >= 15 is 0 Å². The van der Waals surface area contributed by atoms with Crippen LogP contribution in [0.4, 0.5) is 0 Å². The van der Waals surface area contributed by atoms with Crippen LogP contribution in [0.2, 0.25) is 0 Å². The maximum absolute atomic E-state index is 10.1. The molecule has 0 bridgehead atoms. The molecule has 1 aromatic heterocycles. The van der Waals surface area contributed by atoms with Gasteiger partial charge in [-0.1, -0.05) is 27.7 Å². The quantitative estimate of drug-likeness (QED) is 0.825. The highest BCUT2D eigenvalue weighted by Crippen LogP contribution is 2.28. The van der Waals surface area contributed by atoms with Gasteiger partial charge in [-0.25, -0.2) is 9.97 Å². The van der Waals surface area contributed by atoms with Gasteiger partial charge in [0.15, 0.2) is 0 Å². The molecular formula is C12H20N2O. The second-order valence-electron chi connectivity index (χ2n) is 4.61. The predicted octanol–water partition coefficient (Wildman–Crippen LogP) is 2.23. The van der Waals surface area contributed by atoms with Gasteiger partial charge in [-0.2, -0.15) is 0 Å². The van der Waals surface area contributed by atoms with E-state index in [-0.39, 0.29) is 17.9 Å². The van der Waals surface area contributed by atoms with E-state index in [1.54, 1.807) is 18.5 Å². The second kappa shape index (κ2) is 5.21. The molecule has 15 heavy (non-hydrogen) atoms. The van der Waals surface area contributed by atoms with Crippen LogP contribution >= 0.6 is 0 Å². The molecule has 0 aliphatic heterocycles. The average molecular weight is 208 g/mol. The van der Waals surface area contributed by atoms with Gasteiger partial charge in [-0.3, -0.25) is 0 Å². The Labute approximate surface area is 91.6 Å². The molecule has 0 fully saturated rings. The molecule has 2 atom stereocenters. The monoisotopic (exact) mass is 208 g/mol. The topological polar surface area (TPSA) is 46.0 Å². The van der Waals surface area contributed by atoms with E-state index in [1.807, 2.05) is 13.8 Å². The van der Waals surface area contributed by atoms with Gasteiger partial charge in [0.25, 0.3) is 0 Å². The number of hydrogen-bond donors (Lipinski definition) is 1. The van der Waals surface area contributed by atoms with Crippen molar-refractivity contribution >= 4 is 0 Å². The number of aliphatic hydroxyl groups is 1. The van der Waals surface area contributed by atoms with Crippen LogP contribution in [0, 0.1) is 11.8 Å². The maximum Gasteiger partial charge on any atom is 0.134 e. The minimum absolute atomic E-state index is 0.0196. The van der Waals surface area contributed by atoms with Crippen LogP contribution in [0.1, 0.15) is 39.4 Å². The van der Waals surface area contributed by atoms with Crippen LogP contribution < -0.4 is 0 Å². The molecule has 1 aromatic rings. The molecule has 0 radical (unpaired) electrons. The molecule has 1 rings (SSSR count). The van der Waals surface area contributed by atoms with Crippen LogP contribution in [0.25, 0.3) is 0 Å². The summed E-state index contributed by atoms with van der Waals surface area (Å²) in [4.78, 5) is 8.47. The Morgan fingerprint density at radius 2 is 1.53 bits per heavy atom. The van der Waals surface area contributed by atoms with Gasteiger partial charge in [-0.05, 0) is 17.9 Å². The molecule has 0 saturated carbocycles. The molecule has 0 aliphatic carbocycles. The molecular weight excluding hydrogens is 188 g/mol. The summed E-state index contributed by atoms with van der Waals surface area (Å²) in [6.45, 7) is 8.21. The Balaban J connectivity index is 2.93. The Kier molecular flexibility index (Phi) is 4.21. The van der Waals surface area contributed by atoms with E-state index < -0.39 is 0 Å². The fourth-order valence-electron chi connectivity index (χ4n) is 1.74. The van der Waals surface area contributed by atoms with Gasteiger partial charge in [0.1, 0.15) is 5.82 Å². The molecule has 84 valence electrons. The minimum atomic E-state index is -0.382. The van der Waals surface area contributed by atoms with E-state index in [1.165, 1.54) is 0 Å². The van der Waals surface area contributed by atoms with E-state index in [4.69, 9.17) is 0 Å². The number of aliphatic hydroxyl groups excluding tert-OH is 1. The van der Waals surface area contributed by atoms with Gasteiger partial charge in [-0.15, -0.1) is 0 Å². The lowest BCUT2D eigenvalue weighted by Gasteiger charge is -2.27. The lowest BCUT2D eigenvalue weighted by Crippen LogP contribution is -2.29. The third-order valence-corrected chi connectivity index (χ3v) is 2.65. The molecule has 3 heteroatoms. The first-order chi connectivity index (χ1) is 7.04. The van der Waals surface area contributed by atoms with E-state index in [2.05, 4.69) is 23.8 Å². The van der Waals surface area contributed by atoms with Crippen molar-refractivity contribution in [3.05, 3.63) is 24.3 Å². The standard InChI is InChI=1S/C12H20N2O/c1-8(2)10(11(15)9(3)4)12-13-6-5-7-14-12/h5-11,15H,1-4H3. The number of aromatic nitrogens is 2. The zero-order valence-corrected chi connectivity index (χ0v) is 9.88. The van der Waals surface area contributed by atoms with Gasteiger partial charge < -0.3 is 5.11 Å². The number of hydrogen-bond acceptors (Lipinski definition) is 3. The van der Waals surface area contributed by atoms with Crippen molar-refractivity contribution < 1.29 is 5.11 Å². The average Bonchev–Trinajstić information content (AvgIpc) is 2.18. The van der Waals surface area contributed by atoms with E-state index in [0.717, 1.165) is 5.82 Å².